The highest BCUT2D eigenvalue weighted by molar-refractivity contribution is 7.16. The van der Waals surface area contributed by atoms with E-state index in [2.05, 4.69) is 0 Å². The molecule has 2 nitrogen and oxygen atoms in total. The predicted molar refractivity (Wildman–Crippen MR) is 61.8 cm³/mol. The second kappa shape index (κ2) is 6.62. The van der Waals surface area contributed by atoms with Gasteiger partial charge in [-0.25, -0.2) is 0 Å². The van der Waals surface area contributed by atoms with Gasteiger partial charge in [-0.1, -0.05) is 11.6 Å². The molecule has 0 aliphatic carbocycles. The van der Waals surface area contributed by atoms with Gasteiger partial charge in [0.25, 0.3) is 0 Å². The van der Waals surface area contributed by atoms with Gasteiger partial charge in [-0.05, 0) is 31.5 Å². The first kappa shape index (κ1) is 13.2. The Bertz CT molecular complexity index is 240. The molecule has 0 fully saturated rings. The molecule has 0 aromatic carbocycles. The van der Waals surface area contributed by atoms with E-state index in [1.165, 1.54) is 0 Å². The topological polar surface area (TPSA) is 52.0 Å². The van der Waals surface area contributed by atoms with Crippen LogP contribution in [-0.4, -0.2) is 6.54 Å². The van der Waals surface area contributed by atoms with Crippen molar-refractivity contribution in [1.82, 2.24) is 0 Å². The van der Waals surface area contributed by atoms with E-state index in [-0.39, 0.29) is 18.4 Å². The average Bonchev–Trinajstić information content (AvgIpc) is 2.47. The van der Waals surface area contributed by atoms with Crippen LogP contribution in [0.25, 0.3) is 0 Å². The molecule has 13 heavy (non-hydrogen) atoms. The molecule has 0 bridgehead atoms. The lowest BCUT2D eigenvalue weighted by Crippen LogP contribution is -2.10. The minimum Gasteiger partial charge on any atom is -0.330 e. The maximum absolute atomic E-state index is 5.89. The van der Waals surface area contributed by atoms with Gasteiger partial charge in [0.1, 0.15) is 0 Å². The van der Waals surface area contributed by atoms with Crippen LogP contribution in [0.4, 0.5) is 0 Å². The van der Waals surface area contributed by atoms with Crippen LogP contribution in [-0.2, 0) is 0 Å². The lowest BCUT2D eigenvalue weighted by atomic mass is 10.1. The summed E-state index contributed by atoms with van der Waals surface area (Å²) in [6.07, 6.45) is 1.91. The molecule has 5 heteroatoms. The van der Waals surface area contributed by atoms with Gasteiger partial charge < -0.3 is 11.5 Å². The zero-order valence-corrected chi connectivity index (χ0v) is 9.59. The third-order valence-electron chi connectivity index (χ3n) is 1.68. The molecule has 0 radical (unpaired) electrons. The molecule has 1 aromatic rings. The summed E-state index contributed by atoms with van der Waals surface area (Å²) in [5, 5.41) is 0. The molecule has 0 saturated carbocycles. The first-order valence-corrected chi connectivity index (χ1v) is 5.14. The summed E-state index contributed by atoms with van der Waals surface area (Å²) in [5.41, 5.74) is 11.3. The Morgan fingerprint density at radius 1 is 1.46 bits per heavy atom. The van der Waals surface area contributed by atoms with Crippen LogP contribution in [0.1, 0.15) is 23.8 Å². The molecule has 1 aromatic heterocycles. The summed E-state index contributed by atoms with van der Waals surface area (Å²) in [6.45, 7) is 0.701. The molecule has 0 saturated heterocycles. The average molecular weight is 241 g/mol. The molecule has 1 rings (SSSR count). The summed E-state index contributed by atoms with van der Waals surface area (Å²) >= 11 is 7.32. The van der Waals surface area contributed by atoms with Crippen molar-refractivity contribution < 1.29 is 0 Å². The molecular formula is C8H14Cl2N2S. The van der Waals surface area contributed by atoms with Crippen molar-refractivity contribution in [2.75, 3.05) is 6.54 Å². The Hall–Kier alpha value is 0.200. The summed E-state index contributed by atoms with van der Waals surface area (Å²) in [7, 11) is 0. The van der Waals surface area contributed by atoms with Crippen LogP contribution >= 0.6 is 35.3 Å². The zero-order chi connectivity index (χ0) is 8.97. The van der Waals surface area contributed by atoms with Crippen LogP contribution in [0.3, 0.4) is 0 Å². The highest BCUT2D eigenvalue weighted by atomic mass is 35.5. The molecule has 1 heterocycles. The fourth-order valence-corrected chi connectivity index (χ4v) is 2.10. The summed E-state index contributed by atoms with van der Waals surface area (Å²) < 4.78 is 0.799. The number of hydrogen-bond donors (Lipinski definition) is 2. The van der Waals surface area contributed by atoms with Crippen LogP contribution in [0.5, 0.6) is 0 Å². The SMILES string of the molecule is Cl.NCCC[C@@H](N)c1ccc(Cl)s1. The molecule has 1 atom stereocenters. The van der Waals surface area contributed by atoms with Crippen molar-refractivity contribution in [2.24, 2.45) is 11.5 Å². The molecular weight excluding hydrogens is 227 g/mol. The zero-order valence-electron chi connectivity index (χ0n) is 7.20. The fraction of sp³-hybridized carbons (Fsp3) is 0.500. The Kier molecular flexibility index (Phi) is 6.73. The van der Waals surface area contributed by atoms with E-state index in [9.17, 15) is 0 Å². The van der Waals surface area contributed by atoms with E-state index in [0.717, 1.165) is 22.1 Å². The molecule has 0 aliphatic heterocycles. The van der Waals surface area contributed by atoms with Crippen LogP contribution < -0.4 is 11.5 Å². The summed E-state index contributed by atoms with van der Waals surface area (Å²) in [4.78, 5) is 1.15. The highest BCUT2D eigenvalue weighted by Crippen LogP contribution is 2.27. The van der Waals surface area contributed by atoms with E-state index >= 15 is 0 Å². The standard InChI is InChI=1S/C8H13ClN2S.ClH/c9-8-4-3-7(12-8)6(11)2-1-5-10;/h3-4,6H,1-2,5,10-11H2;1H/t6-;/m1./s1. The second-order valence-corrected chi connectivity index (χ2v) is 4.43. The molecule has 0 amide bonds. The molecule has 0 unspecified atom stereocenters. The van der Waals surface area contributed by atoms with Crippen LogP contribution in [0.2, 0.25) is 4.34 Å². The molecule has 76 valence electrons. The Balaban J connectivity index is 0.00000144. The van der Waals surface area contributed by atoms with Gasteiger partial charge in [0.05, 0.1) is 4.34 Å². The van der Waals surface area contributed by atoms with Crippen LogP contribution in [0, 0.1) is 0 Å². The molecule has 0 aliphatic rings. The van der Waals surface area contributed by atoms with Gasteiger partial charge >= 0.3 is 0 Å². The number of rotatable bonds is 4. The number of thiophene rings is 1. The minimum absolute atomic E-state index is 0. The maximum Gasteiger partial charge on any atom is 0.0931 e. The largest absolute Gasteiger partial charge is 0.330 e. The number of hydrogen-bond acceptors (Lipinski definition) is 3. The maximum atomic E-state index is 5.89. The predicted octanol–water partition coefficient (Wildman–Crippen LogP) is 2.56. The third-order valence-corrected chi connectivity index (χ3v) is 3.04. The smallest absolute Gasteiger partial charge is 0.0931 e. The summed E-state index contributed by atoms with van der Waals surface area (Å²) in [5.74, 6) is 0. The fourth-order valence-electron chi connectivity index (χ4n) is 1.01. The minimum atomic E-state index is 0. The number of halogens is 2. The lowest BCUT2D eigenvalue weighted by Gasteiger charge is -2.07. The van der Waals surface area contributed by atoms with Gasteiger partial charge in [0.2, 0.25) is 0 Å². The van der Waals surface area contributed by atoms with Gasteiger partial charge in [-0.3, -0.25) is 0 Å². The molecule has 0 spiro atoms. The first-order valence-electron chi connectivity index (χ1n) is 3.95. The Morgan fingerprint density at radius 2 is 2.15 bits per heavy atom. The Labute approximate surface area is 93.7 Å². The summed E-state index contributed by atoms with van der Waals surface area (Å²) in [6, 6.07) is 3.96. The van der Waals surface area contributed by atoms with E-state index in [0.29, 0.717) is 6.54 Å². The van der Waals surface area contributed by atoms with E-state index in [1.54, 1.807) is 11.3 Å². The van der Waals surface area contributed by atoms with E-state index < -0.39 is 0 Å². The normalized spacial score (nSPS) is 12.2. The van der Waals surface area contributed by atoms with Crippen molar-refractivity contribution in [3.05, 3.63) is 21.3 Å². The third kappa shape index (κ3) is 4.29. The lowest BCUT2D eigenvalue weighted by molar-refractivity contribution is 0.626. The van der Waals surface area contributed by atoms with Crippen molar-refractivity contribution >= 4 is 35.3 Å². The van der Waals surface area contributed by atoms with Crippen molar-refractivity contribution in [3.8, 4) is 0 Å². The first-order chi connectivity index (χ1) is 5.74. The highest BCUT2D eigenvalue weighted by Gasteiger charge is 2.07. The van der Waals surface area contributed by atoms with Crippen molar-refractivity contribution in [1.29, 1.82) is 0 Å². The van der Waals surface area contributed by atoms with Crippen LogP contribution in [0.15, 0.2) is 12.1 Å². The van der Waals surface area contributed by atoms with Gasteiger partial charge in [0.15, 0.2) is 0 Å². The van der Waals surface area contributed by atoms with Gasteiger partial charge in [-0.2, -0.15) is 0 Å². The monoisotopic (exact) mass is 240 g/mol. The van der Waals surface area contributed by atoms with E-state index in [1.807, 2.05) is 12.1 Å². The Morgan fingerprint density at radius 3 is 2.62 bits per heavy atom. The van der Waals surface area contributed by atoms with E-state index in [4.69, 9.17) is 23.1 Å². The van der Waals surface area contributed by atoms with Gasteiger partial charge in [-0.15, -0.1) is 23.7 Å². The second-order valence-electron chi connectivity index (χ2n) is 2.68. The van der Waals surface area contributed by atoms with Crippen molar-refractivity contribution in [3.63, 3.8) is 0 Å². The molecule has 4 N–H and O–H groups in total. The number of nitrogens with two attached hydrogens (primary N) is 2. The van der Waals surface area contributed by atoms with Gasteiger partial charge in [0, 0.05) is 10.9 Å². The van der Waals surface area contributed by atoms with Crippen molar-refractivity contribution in [2.45, 2.75) is 18.9 Å². The quantitative estimate of drug-likeness (QED) is 0.851.